The van der Waals surface area contributed by atoms with Gasteiger partial charge in [-0.05, 0) is 21.5 Å². The van der Waals surface area contributed by atoms with Gasteiger partial charge >= 0.3 is 0 Å². The SMILES string of the molecule is O=CO.c1ccc2ccccc2c1.c1ccc2ccccc2c1. The average Bonchev–Trinajstić information content (AvgIpc) is 2.63. The molecule has 2 nitrogen and oxygen atoms in total. The van der Waals surface area contributed by atoms with Gasteiger partial charge in [0.15, 0.2) is 0 Å². The van der Waals surface area contributed by atoms with Gasteiger partial charge in [0.1, 0.15) is 0 Å². The smallest absolute Gasteiger partial charge is 0.290 e. The molecule has 23 heavy (non-hydrogen) atoms. The van der Waals surface area contributed by atoms with Crippen LogP contribution in [0.2, 0.25) is 0 Å². The Kier molecular flexibility index (Phi) is 6.36. The van der Waals surface area contributed by atoms with Gasteiger partial charge in [-0.2, -0.15) is 0 Å². The molecule has 0 aliphatic carbocycles. The highest BCUT2D eigenvalue weighted by atomic mass is 16.3. The summed E-state index contributed by atoms with van der Waals surface area (Å²) in [6.45, 7) is -0.250. The van der Waals surface area contributed by atoms with E-state index in [1.54, 1.807) is 0 Å². The van der Waals surface area contributed by atoms with Crippen molar-refractivity contribution in [3.8, 4) is 0 Å². The predicted octanol–water partition coefficient (Wildman–Crippen LogP) is 5.38. The Morgan fingerprint density at radius 3 is 0.739 bits per heavy atom. The molecule has 0 amide bonds. The molecule has 114 valence electrons. The van der Waals surface area contributed by atoms with E-state index in [0.29, 0.717) is 0 Å². The number of hydrogen-bond acceptors (Lipinski definition) is 1. The standard InChI is InChI=1S/2C10H8.CH2O2/c2*1-2-6-10-8-4-3-7-9(10)5-1;2-1-3/h2*1-8H;1H,(H,2,3). The highest BCUT2D eigenvalue weighted by molar-refractivity contribution is 5.82. The number of rotatable bonds is 0. The fourth-order valence-corrected chi connectivity index (χ4v) is 2.27. The van der Waals surface area contributed by atoms with E-state index in [1.165, 1.54) is 21.5 Å². The second-order valence-corrected chi connectivity index (χ2v) is 4.80. The number of fused-ring (bicyclic) bond motifs is 2. The molecule has 0 radical (unpaired) electrons. The van der Waals surface area contributed by atoms with Crippen molar-refractivity contribution in [3.05, 3.63) is 97.1 Å². The average molecular weight is 302 g/mol. The summed E-state index contributed by atoms with van der Waals surface area (Å²) in [6.07, 6.45) is 0. The third kappa shape index (κ3) is 4.97. The summed E-state index contributed by atoms with van der Waals surface area (Å²) in [6, 6.07) is 33.4. The third-order valence-electron chi connectivity index (χ3n) is 3.32. The van der Waals surface area contributed by atoms with Crippen LogP contribution in [0.4, 0.5) is 0 Å². The zero-order valence-electron chi connectivity index (χ0n) is 12.7. The molecule has 0 unspecified atom stereocenters. The first kappa shape index (κ1) is 16.2. The van der Waals surface area contributed by atoms with Crippen LogP contribution >= 0.6 is 0 Å². The first-order valence-corrected chi connectivity index (χ1v) is 7.30. The highest BCUT2D eigenvalue weighted by Crippen LogP contribution is 2.11. The van der Waals surface area contributed by atoms with Crippen LogP contribution in [-0.2, 0) is 4.79 Å². The molecular formula is C21H18O2. The van der Waals surface area contributed by atoms with Gasteiger partial charge in [0.25, 0.3) is 6.47 Å². The minimum absolute atomic E-state index is 0.250. The Bertz CT molecular complexity index is 667. The molecule has 2 heteroatoms. The number of carboxylic acid groups (broad SMARTS) is 1. The Hall–Kier alpha value is -3.13. The van der Waals surface area contributed by atoms with Crippen LogP contribution in [0, 0.1) is 0 Å². The lowest BCUT2D eigenvalue weighted by Gasteiger charge is -1.92. The minimum Gasteiger partial charge on any atom is -0.483 e. The van der Waals surface area contributed by atoms with Crippen LogP contribution in [-0.4, -0.2) is 11.6 Å². The van der Waals surface area contributed by atoms with Gasteiger partial charge in [0.05, 0.1) is 0 Å². The zero-order chi connectivity index (χ0) is 16.3. The van der Waals surface area contributed by atoms with Crippen molar-refractivity contribution in [2.24, 2.45) is 0 Å². The molecular weight excluding hydrogens is 284 g/mol. The summed E-state index contributed by atoms with van der Waals surface area (Å²) in [4.78, 5) is 8.36. The molecule has 1 N–H and O–H groups in total. The highest BCUT2D eigenvalue weighted by Gasteiger charge is 1.86. The Morgan fingerprint density at radius 2 is 0.609 bits per heavy atom. The van der Waals surface area contributed by atoms with Gasteiger partial charge in [0, 0.05) is 0 Å². The third-order valence-corrected chi connectivity index (χ3v) is 3.32. The summed E-state index contributed by atoms with van der Waals surface area (Å²) >= 11 is 0. The lowest BCUT2D eigenvalue weighted by molar-refractivity contribution is -0.122. The van der Waals surface area contributed by atoms with E-state index >= 15 is 0 Å². The van der Waals surface area contributed by atoms with E-state index in [4.69, 9.17) is 9.90 Å². The fraction of sp³-hybridized carbons (Fsp3) is 0. The maximum atomic E-state index is 8.36. The molecule has 0 spiro atoms. The molecule has 0 aliphatic heterocycles. The Labute approximate surface area is 135 Å². The molecule has 4 aromatic rings. The largest absolute Gasteiger partial charge is 0.483 e. The first-order chi connectivity index (χ1) is 11.3. The number of hydrogen-bond donors (Lipinski definition) is 1. The maximum absolute atomic E-state index is 8.36. The van der Waals surface area contributed by atoms with Crippen LogP contribution in [0.3, 0.4) is 0 Å². The lowest BCUT2D eigenvalue weighted by atomic mass is 10.1. The molecule has 0 aromatic heterocycles. The fourth-order valence-electron chi connectivity index (χ4n) is 2.27. The quantitative estimate of drug-likeness (QED) is 0.443. The lowest BCUT2D eigenvalue weighted by Crippen LogP contribution is -1.67. The van der Waals surface area contributed by atoms with Crippen LogP contribution < -0.4 is 0 Å². The molecule has 4 rings (SSSR count). The van der Waals surface area contributed by atoms with Crippen molar-refractivity contribution in [1.82, 2.24) is 0 Å². The summed E-state index contributed by atoms with van der Waals surface area (Å²) in [5, 5.41) is 12.1. The van der Waals surface area contributed by atoms with E-state index in [9.17, 15) is 0 Å². The molecule has 0 bridgehead atoms. The van der Waals surface area contributed by atoms with Crippen LogP contribution in [0.25, 0.3) is 21.5 Å². The molecule has 4 aromatic carbocycles. The van der Waals surface area contributed by atoms with E-state index in [0.717, 1.165) is 0 Å². The van der Waals surface area contributed by atoms with Crippen molar-refractivity contribution >= 4 is 28.0 Å². The van der Waals surface area contributed by atoms with Crippen LogP contribution in [0.1, 0.15) is 0 Å². The summed E-state index contributed by atoms with van der Waals surface area (Å²) in [5.41, 5.74) is 0. The van der Waals surface area contributed by atoms with Crippen LogP contribution in [0.5, 0.6) is 0 Å². The van der Waals surface area contributed by atoms with Gasteiger partial charge in [0.2, 0.25) is 0 Å². The Balaban J connectivity index is 0.000000143. The van der Waals surface area contributed by atoms with Gasteiger partial charge < -0.3 is 5.11 Å². The number of carbonyl (C=O) groups is 1. The summed E-state index contributed by atoms with van der Waals surface area (Å²) in [7, 11) is 0. The number of benzene rings is 4. The predicted molar refractivity (Wildman–Crippen MR) is 96.6 cm³/mol. The normalized spacial score (nSPS) is 9.22. The molecule has 0 saturated heterocycles. The monoisotopic (exact) mass is 302 g/mol. The van der Waals surface area contributed by atoms with Gasteiger partial charge in [-0.1, -0.05) is 97.1 Å². The molecule has 0 atom stereocenters. The topological polar surface area (TPSA) is 37.3 Å². The van der Waals surface area contributed by atoms with Crippen molar-refractivity contribution in [2.45, 2.75) is 0 Å². The van der Waals surface area contributed by atoms with E-state index in [-0.39, 0.29) is 6.47 Å². The minimum atomic E-state index is -0.250. The first-order valence-electron chi connectivity index (χ1n) is 7.30. The van der Waals surface area contributed by atoms with E-state index < -0.39 is 0 Å². The van der Waals surface area contributed by atoms with Gasteiger partial charge in [-0.3, -0.25) is 4.79 Å². The molecule has 0 fully saturated rings. The zero-order valence-corrected chi connectivity index (χ0v) is 12.7. The van der Waals surface area contributed by atoms with Crippen molar-refractivity contribution < 1.29 is 9.90 Å². The maximum Gasteiger partial charge on any atom is 0.290 e. The van der Waals surface area contributed by atoms with Crippen molar-refractivity contribution in [2.75, 3.05) is 0 Å². The molecule has 0 saturated carbocycles. The molecule has 0 aliphatic rings. The van der Waals surface area contributed by atoms with E-state index in [1.807, 2.05) is 0 Å². The van der Waals surface area contributed by atoms with Gasteiger partial charge in [-0.15, -0.1) is 0 Å². The molecule has 0 heterocycles. The summed E-state index contributed by atoms with van der Waals surface area (Å²) in [5.74, 6) is 0. The van der Waals surface area contributed by atoms with Crippen LogP contribution in [0.15, 0.2) is 97.1 Å². The van der Waals surface area contributed by atoms with Gasteiger partial charge in [-0.25, -0.2) is 0 Å². The Morgan fingerprint density at radius 1 is 0.478 bits per heavy atom. The van der Waals surface area contributed by atoms with Crippen molar-refractivity contribution in [1.29, 1.82) is 0 Å². The van der Waals surface area contributed by atoms with Crippen molar-refractivity contribution in [3.63, 3.8) is 0 Å². The second-order valence-electron chi connectivity index (χ2n) is 4.80. The summed E-state index contributed by atoms with van der Waals surface area (Å²) < 4.78 is 0. The van der Waals surface area contributed by atoms with E-state index in [2.05, 4.69) is 97.1 Å². The second kappa shape index (κ2) is 9.00.